The highest BCUT2D eigenvalue weighted by molar-refractivity contribution is 5.85. The molecule has 1 aliphatic rings. The molecule has 112 valence electrons. The number of amides is 1. The molecule has 1 amide bonds. The van der Waals surface area contributed by atoms with E-state index >= 15 is 0 Å². The molecule has 0 unspecified atom stereocenters. The first-order valence-corrected chi connectivity index (χ1v) is 7.39. The van der Waals surface area contributed by atoms with E-state index in [2.05, 4.69) is 27.3 Å². The Hall–Kier alpha value is -2.74. The van der Waals surface area contributed by atoms with Crippen LogP contribution < -0.4 is 15.0 Å². The summed E-state index contributed by atoms with van der Waals surface area (Å²) >= 11 is 0. The molecule has 5 nitrogen and oxygen atoms in total. The van der Waals surface area contributed by atoms with Crippen LogP contribution in [0, 0.1) is 12.1 Å². The van der Waals surface area contributed by atoms with E-state index in [-0.39, 0.29) is 0 Å². The van der Waals surface area contributed by atoms with Crippen molar-refractivity contribution in [3.63, 3.8) is 0 Å². The van der Waals surface area contributed by atoms with Crippen molar-refractivity contribution in [3.8, 4) is 5.75 Å². The second-order valence-electron chi connectivity index (χ2n) is 5.13. The Morgan fingerprint density at radius 3 is 2.86 bits per heavy atom. The van der Waals surface area contributed by atoms with E-state index in [1.165, 1.54) is 19.3 Å². The van der Waals surface area contributed by atoms with Gasteiger partial charge in [0, 0.05) is 37.1 Å². The summed E-state index contributed by atoms with van der Waals surface area (Å²) in [6, 6.07) is 14.1. The first-order valence-electron chi connectivity index (χ1n) is 7.39. The molecule has 0 saturated carbocycles. The first kappa shape index (κ1) is 14.2. The van der Waals surface area contributed by atoms with Crippen molar-refractivity contribution in [2.24, 2.45) is 0 Å². The van der Waals surface area contributed by atoms with E-state index in [9.17, 15) is 4.79 Å². The van der Waals surface area contributed by atoms with Gasteiger partial charge in [-0.1, -0.05) is 12.1 Å². The van der Waals surface area contributed by atoms with Gasteiger partial charge in [0.1, 0.15) is 11.6 Å². The van der Waals surface area contributed by atoms with Crippen molar-refractivity contribution >= 4 is 17.6 Å². The summed E-state index contributed by atoms with van der Waals surface area (Å²) in [5.74, 6) is 0.906. The van der Waals surface area contributed by atoms with Gasteiger partial charge in [0.15, 0.2) is 0 Å². The summed E-state index contributed by atoms with van der Waals surface area (Å²) in [5.41, 5.74) is 1.08. The van der Waals surface area contributed by atoms with Gasteiger partial charge in [0.25, 0.3) is 0 Å². The number of nitrogens with one attached hydrogen (secondary N) is 1. The smallest absolute Gasteiger partial charge is 0.409 e. The lowest BCUT2D eigenvalue weighted by Gasteiger charge is -2.28. The summed E-state index contributed by atoms with van der Waals surface area (Å²) in [4.78, 5) is 18.3. The Morgan fingerprint density at radius 2 is 2.09 bits per heavy atom. The summed E-state index contributed by atoms with van der Waals surface area (Å²) in [7, 11) is 0. The number of anilines is 2. The number of hydrogen-bond donors (Lipinski definition) is 1. The fourth-order valence-electron chi connectivity index (χ4n) is 2.47. The van der Waals surface area contributed by atoms with E-state index in [0.29, 0.717) is 11.6 Å². The fourth-order valence-corrected chi connectivity index (χ4v) is 2.47. The van der Waals surface area contributed by atoms with Crippen LogP contribution in [0.2, 0.25) is 0 Å². The molecule has 1 aliphatic heterocycles. The maximum absolute atomic E-state index is 11.9. The lowest BCUT2D eigenvalue weighted by molar-refractivity contribution is 0.215. The van der Waals surface area contributed by atoms with Gasteiger partial charge in [-0.25, -0.2) is 9.78 Å². The van der Waals surface area contributed by atoms with Gasteiger partial charge < -0.3 is 9.64 Å². The van der Waals surface area contributed by atoms with Gasteiger partial charge >= 0.3 is 6.09 Å². The van der Waals surface area contributed by atoms with Gasteiger partial charge in [-0.2, -0.15) is 0 Å². The second kappa shape index (κ2) is 6.81. The van der Waals surface area contributed by atoms with Crippen LogP contribution in [0.15, 0.2) is 36.5 Å². The Bertz CT molecular complexity index is 625. The minimum absolute atomic E-state index is 0.420. The third-order valence-corrected chi connectivity index (χ3v) is 3.53. The molecule has 1 aromatic carbocycles. The second-order valence-corrected chi connectivity index (χ2v) is 5.13. The van der Waals surface area contributed by atoms with Crippen LogP contribution in [0.4, 0.5) is 16.3 Å². The van der Waals surface area contributed by atoms with Crippen LogP contribution in [0.3, 0.4) is 0 Å². The molecule has 0 aliphatic carbocycles. The van der Waals surface area contributed by atoms with Crippen molar-refractivity contribution in [2.45, 2.75) is 19.3 Å². The molecule has 2 heterocycles. The normalized spacial score (nSPS) is 14.1. The standard InChI is InChI=1S/C17H17N3O2/c21-17(22-15-7-3-1-4-8-15)19-16-13-14(9-10-18-16)20-11-5-2-6-12-20/h3,7-10,13H,2,5-6,11-12H2,(H,18,19,21). The summed E-state index contributed by atoms with van der Waals surface area (Å²) in [5, 5.41) is 2.65. The molecule has 1 N–H and O–H groups in total. The zero-order valence-corrected chi connectivity index (χ0v) is 12.2. The van der Waals surface area contributed by atoms with E-state index in [0.717, 1.165) is 18.8 Å². The molecule has 5 heteroatoms. The summed E-state index contributed by atoms with van der Waals surface area (Å²) in [6.07, 6.45) is 4.82. The van der Waals surface area contributed by atoms with Crippen LogP contribution in [-0.4, -0.2) is 24.2 Å². The lowest BCUT2D eigenvalue weighted by atomic mass is 10.1. The van der Waals surface area contributed by atoms with E-state index in [4.69, 9.17) is 4.74 Å². The number of aromatic nitrogens is 1. The molecule has 0 radical (unpaired) electrons. The average molecular weight is 295 g/mol. The molecule has 1 fully saturated rings. The van der Waals surface area contributed by atoms with E-state index < -0.39 is 6.09 Å². The molecule has 3 rings (SSSR count). The van der Waals surface area contributed by atoms with Gasteiger partial charge in [-0.05, 0) is 37.5 Å². The Kier molecular flexibility index (Phi) is 4.40. The molecule has 1 saturated heterocycles. The molecular weight excluding hydrogens is 278 g/mol. The molecule has 0 atom stereocenters. The average Bonchev–Trinajstić information content (AvgIpc) is 2.57. The molecule has 0 bridgehead atoms. The number of hydrogen-bond acceptors (Lipinski definition) is 4. The van der Waals surface area contributed by atoms with E-state index in [1.807, 2.05) is 12.1 Å². The first-order chi connectivity index (χ1) is 10.8. The van der Waals surface area contributed by atoms with Crippen LogP contribution in [0.1, 0.15) is 19.3 Å². The van der Waals surface area contributed by atoms with Crippen LogP contribution in [0.5, 0.6) is 5.75 Å². The molecule has 0 spiro atoms. The summed E-state index contributed by atoms with van der Waals surface area (Å²) in [6.45, 7) is 2.09. The highest BCUT2D eigenvalue weighted by Gasteiger charge is 2.12. The number of piperidine rings is 1. The van der Waals surface area contributed by atoms with Crippen molar-refractivity contribution in [3.05, 3.63) is 48.7 Å². The van der Waals surface area contributed by atoms with Gasteiger partial charge in [0.2, 0.25) is 0 Å². The zero-order chi connectivity index (χ0) is 15.2. The third-order valence-electron chi connectivity index (χ3n) is 3.53. The zero-order valence-electron chi connectivity index (χ0n) is 12.2. The number of carbonyl (C=O) groups is 1. The topological polar surface area (TPSA) is 54.5 Å². The minimum atomic E-state index is -0.567. The maximum Gasteiger partial charge on any atom is 0.418 e. The molecule has 1 aromatic heterocycles. The SMILES string of the molecule is O=C(Nc1cc(N2CCCCC2)ccn1)Oc1cc#ccc1. The Morgan fingerprint density at radius 1 is 1.23 bits per heavy atom. The number of carbonyl (C=O) groups excluding carboxylic acids is 1. The Labute approximate surface area is 129 Å². The number of rotatable bonds is 3. The molecule has 2 aromatic rings. The van der Waals surface area contributed by atoms with Crippen LogP contribution >= 0.6 is 0 Å². The van der Waals surface area contributed by atoms with Crippen molar-refractivity contribution in [1.29, 1.82) is 0 Å². The van der Waals surface area contributed by atoms with Gasteiger partial charge in [0.05, 0.1) is 0 Å². The minimum Gasteiger partial charge on any atom is -0.409 e. The highest BCUT2D eigenvalue weighted by atomic mass is 16.6. The van der Waals surface area contributed by atoms with E-state index in [1.54, 1.807) is 24.4 Å². The number of pyridine rings is 1. The summed E-state index contributed by atoms with van der Waals surface area (Å²) < 4.78 is 5.15. The quantitative estimate of drug-likeness (QED) is 0.944. The highest BCUT2D eigenvalue weighted by Crippen LogP contribution is 2.21. The fraction of sp³-hybridized carbons (Fsp3) is 0.294. The van der Waals surface area contributed by atoms with Gasteiger partial charge in [-0.3, -0.25) is 5.32 Å². The lowest BCUT2D eigenvalue weighted by Crippen LogP contribution is -2.29. The van der Waals surface area contributed by atoms with Crippen LogP contribution in [-0.2, 0) is 0 Å². The predicted molar refractivity (Wildman–Crippen MR) is 84.1 cm³/mol. The largest absolute Gasteiger partial charge is 0.418 e. The van der Waals surface area contributed by atoms with Crippen molar-refractivity contribution in [2.75, 3.05) is 23.3 Å². The number of nitrogens with zero attached hydrogens (tertiary/aromatic N) is 2. The van der Waals surface area contributed by atoms with Crippen molar-refractivity contribution in [1.82, 2.24) is 4.98 Å². The van der Waals surface area contributed by atoms with Crippen LogP contribution in [0.25, 0.3) is 0 Å². The molecule has 22 heavy (non-hydrogen) atoms. The predicted octanol–water partition coefficient (Wildman–Crippen LogP) is 3.28. The Balaban J connectivity index is 1.63. The van der Waals surface area contributed by atoms with Gasteiger partial charge in [-0.15, -0.1) is 0 Å². The third kappa shape index (κ3) is 3.67. The maximum atomic E-state index is 11.9. The van der Waals surface area contributed by atoms with Crippen molar-refractivity contribution < 1.29 is 9.53 Å². The molecular formula is C17H17N3O2. The monoisotopic (exact) mass is 295 g/mol. The number of ether oxygens (including phenoxy) is 1.